The lowest BCUT2D eigenvalue weighted by molar-refractivity contribution is -0.120. The Morgan fingerprint density at radius 2 is 2.54 bits per heavy atom. The molecule has 0 aliphatic carbocycles. The van der Waals surface area contributed by atoms with E-state index in [2.05, 4.69) is 20.3 Å². The van der Waals surface area contributed by atoms with Crippen molar-refractivity contribution < 1.29 is 9.32 Å². The van der Waals surface area contributed by atoms with Gasteiger partial charge in [-0.25, -0.2) is 0 Å². The first-order chi connectivity index (χ1) is 6.33. The summed E-state index contributed by atoms with van der Waals surface area (Å²) in [6.45, 7) is 3.50. The van der Waals surface area contributed by atoms with Crippen molar-refractivity contribution in [3.05, 3.63) is 18.0 Å². The predicted octanol–water partition coefficient (Wildman–Crippen LogP) is -0.0997. The average molecular weight is 183 g/mol. The SMILES string of the molecule is CCNCC(=O)NCc1ccon1. The quantitative estimate of drug-likeness (QED) is 0.669. The second-order valence-corrected chi connectivity index (χ2v) is 2.55. The lowest BCUT2D eigenvalue weighted by atomic mass is 10.4. The van der Waals surface area contributed by atoms with E-state index in [9.17, 15) is 4.79 Å². The molecule has 0 radical (unpaired) electrons. The van der Waals surface area contributed by atoms with Crippen molar-refractivity contribution in [2.45, 2.75) is 13.5 Å². The van der Waals surface area contributed by atoms with E-state index in [1.807, 2.05) is 6.92 Å². The van der Waals surface area contributed by atoms with Crippen molar-refractivity contribution in [2.75, 3.05) is 13.1 Å². The van der Waals surface area contributed by atoms with E-state index in [0.717, 1.165) is 12.2 Å². The van der Waals surface area contributed by atoms with Crippen molar-refractivity contribution >= 4 is 5.91 Å². The monoisotopic (exact) mass is 183 g/mol. The number of rotatable bonds is 5. The Bertz CT molecular complexity index is 246. The minimum atomic E-state index is -0.0372. The van der Waals surface area contributed by atoms with E-state index in [1.54, 1.807) is 6.07 Å². The van der Waals surface area contributed by atoms with Gasteiger partial charge in [-0.05, 0) is 6.54 Å². The first kappa shape index (κ1) is 9.73. The van der Waals surface area contributed by atoms with Gasteiger partial charge in [0.2, 0.25) is 5.91 Å². The first-order valence-corrected chi connectivity index (χ1v) is 4.19. The van der Waals surface area contributed by atoms with Gasteiger partial charge in [0.1, 0.15) is 12.0 Å². The highest BCUT2D eigenvalue weighted by Gasteiger charge is 2.00. The zero-order valence-corrected chi connectivity index (χ0v) is 7.54. The molecule has 0 aliphatic heterocycles. The van der Waals surface area contributed by atoms with Crippen molar-refractivity contribution in [1.82, 2.24) is 15.8 Å². The van der Waals surface area contributed by atoms with Crippen LogP contribution in [0.1, 0.15) is 12.6 Å². The molecule has 1 amide bonds. The van der Waals surface area contributed by atoms with Crippen LogP contribution in [0.15, 0.2) is 16.9 Å². The molecule has 0 atom stereocenters. The zero-order valence-electron chi connectivity index (χ0n) is 7.54. The Morgan fingerprint density at radius 3 is 3.15 bits per heavy atom. The van der Waals surface area contributed by atoms with Gasteiger partial charge in [-0.1, -0.05) is 12.1 Å². The summed E-state index contributed by atoms with van der Waals surface area (Å²) < 4.78 is 4.61. The number of hydrogen-bond donors (Lipinski definition) is 2. The molecule has 0 saturated carbocycles. The Balaban J connectivity index is 2.15. The molecular weight excluding hydrogens is 170 g/mol. The number of likely N-dealkylation sites (N-methyl/N-ethyl adjacent to an activating group) is 1. The van der Waals surface area contributed by atoms with Gasteiger partial charge in [-0.15, -0.1) is 0 Å². The molecule has 13 heavy (non-hydrogen) atoms. The number of aromatic nitrogens is 1. The Labute approximate surface area is 76.5 Å². The van der Waals surface area contributed by atoms with Crippen LogP contribution in [-0.4, -0.2) is 24.2 Å². The summed E-state index contributed by atoms with van der Waals surface area (Å²) in [4.78, 5) is 11.1. The maximum Gasteiger partial charge on any atom is 0.234 e. The van der Waals surface area contributed by atoms with Crippen LogP contribution in [-0.2, 0) is 11.3 Å². The Morgan fingerprint density at radius 1 is 1.69 bits per heavy atom. The summed E-state index contributed by atoms with van der Waals surface area (Å²) in [5.41, 5.74) is 0.727. The molecule has 0 fully saturated rings. The largest absolute Gasteiger partial charge is 0.364 e. The minimum Gasteiger partial charge on any atom is -0.364 e. The van der Waals surface area contributed by atoms with Crippen LogP contribution in [0.2, 0.25) is 0 Å². The van der Waals surface area contributed by atoms with Crippen molar-refractivity contribution in [2.24, 2.45) is 0 Å². The van der Waals surface area contributed by atoms with Gasteiger partial charge in [-0.3, -0.25) is 4.79 Å². The van der Waals surface area contributed by atoms with Crippen molar-refractivity contribution in [3.63, 3.8) is 0 Å². The van der Waals surface area contributed by atoms with Crippen LogP contribution >= 0.6 is 0 Å². The highest BCUT2D eigenvalue weighted by Crippen LogP contribution is 1.91. The first-order valence-electron chi connectivity index (χ1n) is 4.19. The number of amides is 1. The average Bonchev–Trinajstić information content (AvgIpc) is 2.64. The van der Waals surface area contributed by atoms with Gasteiger partial charge in [-0.2, -0.15) is 0 Å². The molecule has 5 heteroatoms. The molecule has 1 aromatic heterocycles. The third kappa shape index (κ3) is 3.71. The van der Waals surface area contributed by atoms with E-state index in [0.29, 0.717) is 13.1 Å². The van der Waals surface area contributed by atoms with Crippen LogP contribution in [0.3, 0.4) is 0 Å². The smallest absolute Gasteiger partial charge is 0.234 e. The molecule has 0 aliphatic rings. The van der Waals surface area contributed by atoms with Crippen LogP contribution in [0.25, 0.3) is 0 Å². The summed E-state index contributed by atoms with van der Waals surface area (Å²) in [6, 6.07) is 1.72. The fourth-order valence-electron chi connectivity index (χ4n) is 0.819. The standard InChI is InChI=1S/C8H13N3O2/c1-2-9-6-8(12)10-5-7-3-4-13-11-7/h3-4,9H,2,5-6H2,1H3,(H,10,12). The number of hydrogen-bond acceptors (Lipinski definition) is 4. The van der Waals surface area contributed by atoms with E-state index >= 15 is 0 Å². The molecule has 1 aromatic rings. The Kier molecular flexibility index (Phi) is 3.98. The van der Waals surface area contributed by atoms with Gasteiger partial charge < -0.3 is 15.2 Å². The number of nitrogens with one attached hydrogen (secondary N) is 2. The van der Waals surface area contributed by atoms with Gasteiger partial charge in [0.25, 0.3) is 0 Å². The lowest BCUT2D eigenvalue weighted by Gasteiger charge is -2.02. The topological polar surface area (TPSA) is 67.2 Å². The fourth-order valence-corrected chi connectivity index (χ4v) is 0.819. The molecule has 0 spiro atoms. The summed E-state index contributed by atoms with van der Waals surface area (Å²) in [6.07, 6.45) is 1.48. The zero-order chi connectivity index (χ0) is 9.52. The van der Waals surface area contributed by atoms with E-state index < -0.39 is 0 Å². The molecule has 1 heterocycles. The Hall–Kier alpha value is -1.36. The number of nitrogens with zero attached hydrogens (tertiary/aromatic N) is 1. The highest BCUT2D eigenvalue weighted by atomic mass is 16.5. The van der Waals surface area contributed by atoms with Crippen LogP contribution in [0, 0.1) is 0 Å². The van der Waals surface area contributed by atoms with Gasteiger partial charge in [0.05, 0.1) is 13.1 Å². The molecule has 0 bridgehead atoms. The van der Waals surface area contributed by atoms with E-state index in [-0.39, 0.29) is 5.91 Å². The van der Waals surface area contributed by atoms with Crippen LogP contribution < -0.4 is 10.6 Å². The highest BCUT2D eigenvalue weighted by molar-refractivity contribution is 5.77. The molecular formula is C8H13N3O2. The summed E-state index contributed by atoms with van der Waals surface area (Å²) in [7, 11) is 0. The second kappa shape index (κ2) is 5.31. The van der Waals surface area contributed by atoms with Crippen LogP contribution in [0.4, 0.5) is 0 Å². The second-order valence-electron chi connectivity index (χ2n) is 2.55. The molecule has 0 saturated heterocycles. The number of carbonyl (C=O) groups excluding carboxylic acids is 1. The predicted molar refractivity (Wildman–Crippen MR) is 46.9 cm³/mol. The normalized spacial score (nSPS) is 9.92. The van der Waals surface area contributed by atoms with Crippen LogP contribution in [0.5, 0.6) is 0 Å². The molecule has 0 unspecified atom stereocenters. The maximum atomic E-state index is 11.1. The lowest BCUT2D eigenvalue weighted by Crippen LogP contribution is -2.33. The third-order valence-electron chi connectivity index (χ3n) is 1.49. The fraction of sp³-hybridized carbons (Fsp3) is 0.500. The minimum absolute atomic E-state index is 0.0372. The molecule has 2 N–H and O–H groups in total. The third-order valence-corrected chi connectivity index (χ3v) is 1.49. The summed E-state index contributed by atoms with van der Waals surface area (Å²) in [5, 5.41) is 9.28. The van der Waals surface area contributed by atoms with Crippen molar-refractivity contribution in [3.8, 4) is 0 Å². The van der Waals surface area contributed by atoms with Gasteiger partial charge in [0, 0.05) is 6.07 Å². The summed E-state index contributed by atoms with van der Waals surface area (Å²) >= 11 is 0. The molecule has 0 aromatic carbocycles. The van der Waals surface area contributed by atoms with Gasteiger partial charge >= 0.3 is 0 Å². The van der Waals surface area contributed by atoms with E-state index in [1.165, 1.54) is 6.26 Å². The number of carbonyl (C=O) groups is 1. The van der Waals surface area contributed by atoms with Crippen molar-refractivity contribution in [1.29, 1.82) is 0 Å². The summed E-state index contributed by atoms with van der Waals surface area (Å²) in [5.74, 6) is -0.0372. The van der Waals surface area contributed by atoms with Gasteiger partial charge in [0.15, 0.2) is 0 Å². The maximum absolute atomic E-state index is 11.1. The molecule has 72 valence electrons. The molecule has 1 rings (SSSR count). The van der Waals surface area contributed by atoms with E-state index in [4.69, 9.17) is 0 Å². The molecule has 5 nitrogen and oxygen atoms in total.